The minimum absolute atomic E-state index is 0.0331. The zero-order chi connectivity index (χ0) is 10.6. The Kier molecular flexibility index (Phi) is 3.52. The summed E-state index contributed by atoms with van der Waals surface area (Å²) in [6, 6.07) is -0.672. The van der Waals surface area contributed by atoms with Gasteiger partial charge < -0.3 is 10.5 Å². The van der Waals surface area contributed by atoms with E-state index in [0.29, 0.717) is 12.3 Å². The zero-order valence-corrected chi connectivity index (χ0v) is 8.10. The van der Waals surface area contributed by atoms with Crippen molar-refractivity contribution in [3.8, 4) is 6.01 Å². The maximum absolute atomic E-state index is 11.3. The number of aromatic nitrogens is 4. The van der Waals surface area contributed by atoms with E-state index in [-0.39, 0.29) is 6.01 Å². The second kappa shape index (κ2) is 4.66. The number of ether oxygens (including phenoxy) is 1. The van der Waals surface area contributed by atoms with Gasteiger partial charge in [0.05, 0.1) is 0 Å². The summed E-state index contributed by atoms with van der Waals surface area (Å²) in [5.41, 5.74) is 5.58. The van der Waals surface area contributed by atoms with Crippen molar-refractivity contribution >= 4 is 5.97 Å². The van der Waals surface area contributed by atoms with Crippen LogP contribution < -0.4 is 10.5 Å². The lowest BCUT2D eigenvalue weighted by Gasteiger charge is -2.10. The third-order valence-electron chi connectivity index (χ3n) is 1.55. The largest absolute Gasteiger partial charge is 0.389 e. The Morgan fingerprint density at radius 2 is 2.36 bits per heavy atom. The van der Waals surface area contributed by atoms with Crippen LogP contribution in [0.5, 0.6) is 6.01 Å². The van der Waals surface area contributed by atoms with Gasteiger partial charge in [-0.2, -0.15) is 0 Å². The average Bonchev–Trinajstić information content (AvgIpc) is 2.55. The Hall–Kier alpha value is -1.50. The number of hydrogen-bond acceptors (Lipinski definition) is 6. The molecule has 0 saturated heterocycles. The van der Waals surface area contributed by atoms with Crippen molar-refractivity contribution in [2.75, 3.05) is 0 Å². The van der Waals surface area contributed by atoms with Gasteiger partial charge in [-0.3, -0.25) is 0 Å². The van der Waals surface area contributed by atoms with Gasteiger partial charge in [-0.1, -0.05) is 18.9 Å². The molecule has 7 nitrogen and oxygen atoms in total. The molecule has 1 heterocycles. The summed E-state index contributed by atoms with van der Waals surface area (Å²) in [7, 11) is 0. The van der Waals surface area contributed by atoms with Gasteiger partial charge in [0.1, 0.15) is 6.04 Å². The first-order valence-electron chi connectivity index (χ1n) is 4.30. The van der Waals surface area contributed by atoms with Gasteiger partial charge in [0.2, 0.25) is 0 Å². The monoisotopic (exact) mass is 199 g/mol. The summed E-state index contributed by atoms with van der Waals surface area (Å²) < 4.78 is 4.76. The van der Waals surface area contributed by atoms with Crippen LogP contribution in [0.1, 0.15) is 20.3 Å². The lowest BCUT2D eigenvalue weighted by molar-refractivity contribution is -0.136. The molecule has 0 unspecified atom stereocenters. The van der Waals surface area contributed by atoms with E-state index in [4.69, 9.17) is 10.5 Å². The molecule has 0 radical (unpaired) electrons. The van der Waals surface area contributed by atoms with E-state index in [1.807, 2.05) is 13.8 Å². The topological polar surface area (TPSA) is 107 Å². The van der Waals surface area contributed by atoms with Crippen molar-refractivity contribution in [2.24, 2.45) is 11.7 Å². The first-order chi connectivity index (χ1) is 6.59. The molecule has 1 rings (SSSR count). The van der Waals surface area contributed by atoms with E-state index >= 15 is 0 Å². The first-order valence-corrected chi connectivity index (χ1v) is 4.30. The van der Waals surface area contributed by atoms with Crippen LogP contribution >= 0.6 is 0 Å². The fourth-order valence-corrected chi connectivity index (χ4v) is 0.969. The summed E-state index contributed by atoms with van der Waals surface area (Å²) in [6.45, 7) is 3.95. The van der Waals surface area contributed by atoms with Gasteiger partial charge in [0, 0.05) is 0 Å². The molecule has 1 atom stereocenters. The number of rotatable bonds is 4. The van der Waals surface area contributed by atoms with Gasteiger partial charge in [-0.05, 0) is 22.8 Å². The van der Waals surface area contributed by atoms with E-state index < -0.39 is 12.0 Å². The van der Waals surface area contributed by atoms with E-state index in [9.17, 15) is 4.79 Å². The first kappa shape index (κ1) is 10.6. The highest BCUT2D eigenvalue weighted by molar-refractivity contribution is 5.77. The predicted octanol–water partition coefficient (Wildman–Crippen LogP) is -0.522. The molecule has 0 fully saturated rings. The summed E-state index contributed by atoms with van der Waals surface area (Å²) >= 11 is 0. The standard InChI is InChI=1S/C7H13N5O2/c1-4(2)3-5(8)6(13)14-7-9-11-12-10-7/h4-5H,3,8H2,1-2H3,(H,9,10,11,12)/t5-/m0/s1. The maximum atomic E-state index is 11.3. The minimum Gasteiger partial charge on any atom is -0.389 e. The molecule has 0 saturated carbocycles. The highest BCUT2D eigenvalue weighted by atomic mass is 16.6. The number of nitrogens with two attached hydrogens (primary N) is 1. The summed E-state index contributed by atoms with van der Waals surface area (Å²) in [5, 5.41) is 12.2. The van der Waals surface area contributed by atoms with Crippen LogP contribution in [0.2, 0.25) is 0 Å². The lowest BCUT2D eigenvalue weighted by atomic mass is 10.1. The maximum Gasteiger partial charge on any atom is 0.340 e. The number of carbonyl (C=O) groups excluding carboxylic acids is 1. The van der Waals surface area contributed by atoms with Crippen LogP contribution in [0.25, 0.3) is 0 Å². The molecule has 0 aliphatic heterocycles. The molecule has 7 heteroatoms. The number of aromatic amines is 1. The van der Waals surface area contributed by atoms with Gasteiger partial charge >= 0.3 is 12.0 Å². The Morgan fingerprint density at radius 3 is 2.86 bits per heavy atom. The van der Waals surface area contributed by atoms with Crippen molar-refractivity contribution in [2.45, 2.75) is 26.3 Å². The smallest absolute Gasteiger partial charge is 0.340 e. The van der Waals surface area contributed by atoms with Crippen LogP contribution in [0.4, 0.5) is 0 Å². The molecule has 0 bridgehead atoms. The molecule has 0 aliphatic carbocycles. The van der Waals surface area contributed by atoms with E-state index in [1.165, 1.54) is 0 Å². The molecule has 1 aromatic rings. The average molecular weight is 199 g/mol. The van der Waals surface area contributed by atoms with Crippen molar-refractivity contribution < 1.29 is 9.53 Å². The fraction of sp³-hybridized carbons (Fsp3) is 0.714. The summed E-state index contributed by atoms with van der Waals surface area (Å²) in [5.74, 6) is -0.192. The fourth-order valence-electron chi connectivity index (χ4n) is 0.969. The number of nitrogens with one attached hydrogen (secondary N) is 1. The molecular formula is C7H13N5O2. The Balaban J connectivity index is 2.42. The van der Waals surface area contributed by atoms with Crippen LogP contribution in [-0.4, -0.2) is 32.6 Å². The van der Waals surface area contributed by atoms with Crippen molar-refractivity contribution in [1.82, 2.24) is 20.6 Å². The summed E-state index contributed by atoms with van der Waals surface area (Å²) in [6.07, 6.45) is 0.570. The molecule has 1 aromatic heterocycles. The highest BCUT2D eigenvalue weighted by Crippen LogP contribution is 2.05. The second-order valence-corrected chi connectivity index (χ2v) is 3.36. The zero-order valence-electron chi connectivity index (χ0n) is 8.10. The van der Waals surface area contributed by atoms with Crippen molar-refractivity contribution in [1.29, 1.82) is 0 Å². The highest BCUT2D eigenvalue weighted by Gasteiger charge is 2.18. The van der Waals surface area contributed by atoms with Crippen LogP contribution in [0.3, 0.4) is 0 Å². The number of carbonyl (C=O) groups is 1. The van der Waals surface area contributed by atoms with E-state index in [1.54, 1.807) is 0 Å². The van der Waals surface area contributed by atoms with Gasteiger partial charge in [-0.25, -0.2) is 9.89 Å². The van der Waals surface area contributed by atoms with Gasteiger partial charge in [0.25, 0.3) is 0 Å². The minimum atomic E-state index is -0.639. The second-order valence-electron chi connectivity index (χ2n) is 3.36. The Morgan fingerprint density at radius 1 is 1.64 bits per heavy atom. The number of hydrogen-bond donors (Lipinski definition) is 2. The molecule has 0 aromatic carbocycles. The van der Waals surface area contributed by atoms with Gasteiger partial charge in [-0.15, -0.1) is 0 Å². The molecule has 0 aliphatic rings. The normalized spacial score (nSPS) is 12.9. The molecule has 78 valence electrons. The lowest BCUT2D eigenvalue weighted by Crippen LogP contribution is -2.35. The van der Waals surface area contributed by atoms with Crippen LogP contribution in [0.15, 0.2) is 0 Å². The van der Waals surface area contributed by atoms with Crippen LogP contribution in [0, 0.1) is 5.92 Å². The predicted molar refractivity (Wildman–Crippen MR) is 47.2 cm³/mol. The number of esters is 1. The third-order valence-corrected chi connectivity index (χ3v) is 1.55. The third kappa shape index (κ3) is 3.09. The molecule has 3 N–H and O–H groups in total. The Bertz CT molecular complexity index is 284. The summed E-state index contributed by atoms with van der Waals surface area (Å²) in [4.78, 5) is 11.3. The molecule has 0 spiro atoms. The number of nitrogens with zero attached hydrogens (tertiary/aromatic N) is 3. The van der Waals surface area contributed by atoms with Crippen molar-refractivity contribution in [3.05, 3.63) is 0 Å². The molecule has 14 heavy (non-hydrogen) atoms. The van der Waals surface area contributed by atoms with Gasteiger partial charge in [0.15, 0.2) is 0 Å². The Labute approximate surface area is 81.0 Å². The molecule has 0 amide bonds. The van der Waals surface area contributed by atoms with E-state index in [2.05, 4.69) is 20.6 Å². The van der Waals surface area contributed by atoms with E-state index in [0.717, 1.165) is 0 Å². The quantitative estimate of drug-likeness (QED) is 0.632. The molecular weight excluding hydrogens is 186 g/mol. The number of tetrazole rings is 1. The SMILES string of the molecule is CC(C)C[C@H](N)C(=O)Oc1nnn[nH]1. The number of H-pyrrole nitrogens is 1. The van der Waals surface area contributed by atoms with Crippen molar-refractivity contribution in [3.63, 3.8) is 0 Å². The van der Waals surface area contributed by atoms with Crippen LogP contribution in [-0.2, 0) is 4.79 Å².